The van der Waals surface area contributed by atoms with Gasteiger partial charge in [-0.1, -0.05) is 24.5 Å². The van der Waals surface area contributed by atoms with E-state index >= 15 is 0 Å². The molecule has 0 aromatic carbocycles. The maximum absolute atomic E-state index is 11.9. The molecule has 0 radical (unpaired) electrons. The number of hydrogen-bond acceptors (Lipinski definition) is 3. The first-order chi connectivity index (χ1) is 9.02. The van der Waals surface area contributed by atoms with Gasteiger partial charge in [0.2, 0.25) is 5.91 Å². The quantitative estimate of drug-likeness (QED) is 0.594. The number of ether oxygens (including phenoxy) is 1. The molecule has 0 saturated heterocycles. The summed E-state index contributed by atoms with van der Waals surface area (Å²) >= 11 is 0. The Balaban J connectivity index is 2.48. The van der Waals surface area contributed by atoms with E-state index in [4.69, 9.17) is 4.74 Å². The number of hydrogen-bond donors (Lipinski definition) is 1. The van der Waals surface area contributed by atoms with E-state index in [0.717, 1.165) is 18.4 Å². The molecule has 1 aliphatic rings. The van der Waals surface area contributed by atoms with Gasteiger partial charge in [0.05, 0.1) is 7.11 Å². The van der Waals surface area contributed by atoms with Crippen molar-refractivity contribution in [3.8, 4) is 0 Å². The van der Waals surface area contributed by atoms with Gasteiger partial charge in [-0.15, -0.1) is 0 Å². The minimum atomic E-state index is -0.561. The van der Waals surface area contributed by atoms with Crippen LogP contribution in [0.1, 0.15) is 52.4 Å². The summed E-state index contributed by atoms with van der Waals surface area (Å²) in [7, 11) is 1.35. The standard InChI is InChI=1S/C15H25NO3/c1-11(2)8-9-13(15(18)19-3)16-14(17)10-12-6-4-5-7-12/h8,12-13H,4-7,9-10H2,1-3H3,(H,16,17)/t13-/m0/s1. The van der Waals surface area contributed by atoms with Crippen LogP contribution < -0.4 is 5.32 Å². The van der Waals surface area contributed by atoms with Crippen molar-refractivity contribution in [3.05, 3.63) is 11.6 Å². The van der Waals surface area contributed by atoms with E-state index in [1.165, 1.54) is 20.0 Å². The highest BCUT2D eigenvalue weighted by Crippen LogP contribution is 2.27. The van der Waals surface area contributed by atoms with Crippen molar-refractivity contribution in [2.45, 2.75) is 58.4 Å². The van der Waals surface area contributed by atoms with Gasteiger partial charge in [0.25, 0.3) is 0 Å². The fraction of sp³-hybridized carbons (Fsp3) is 0.733. The number of allylic oxidation sites excluding steroid dienone is 1. The lowest BCUT2D eigenvalue weighted by atomic mass is 10.0. The first-order valence-electron chi connectivity index (χ1n) is 7.03. The third-order valence-corrected chi connectivity index (χ3v) is 3.53. The first-order valence-corrected chi connectivity index (χ1v) is 7.03. The topological polar surface area (TPSA) is 55.4 Å². The summed E-state index contributed by atoms with van der Waals surface area (Å²) in [6, 6.07) is -0.561. The molecule has 0 heterocycles. The number of methoxy groups -OCH3 is 1. The van der Waals surface area contributed by atoms with Crippen LogP contribution in [0.25, 0.3) is 0 Å². The number of carbonyl (C=O) groups is 2. The molecule has 1 amide bonds. The molecule has 0 aromatic rings. The maximum Gasteiger partial charge on any atom is 0.328 e. The Morgan fingerprint density at radius 2 is 1.95 bits per heavy atom. The minimum absolute atomic E-state index is 0.0375. The molecule has 108 valence electrons. The molecule has 19 heavy (non-hydrogen) atoms. The van der Waals surface area contributed by atoms with E-state index in [0.29, 0.717) is 18.8 Å². The largest absolute Gasteiger partial charge is 0.467 e. The summed E-state index contributed by atoms with van der Waals surface area (Å²) in [4.78, 5) is 23.6. The third kappa shape index (κ3) is 5.90. The summed E-state index contributed by atoms with van der Waals surface area (Å²) in [6.45, 7) is 3.93. The van der Waals surface area contributed by atoms with Crippen molar-refractivity contribution in [1.82, 2.24) is 5.32 Å². The van der Waals surface area contributed by atoms with Crippen LogP contribution in [-0.4, -0.2) is 25.0 Å². The fourth-order valence-electron chi connectivity index (χ4n) is 2.44. The number of amides is 1. The van der Waals surface area contributed by atoms with Crippen molar-refractivity contribution in [2.75, 3.05) is 7.11 Å². The molecule has 4 nitrogen and oxygen atoms in total. The number of carbonyl (C=O) groups excluding carboxylic acids is 2. The summed E-state index contributed by atoms with van der Waals surface area (Å²) in [5, 5.41) is 2.79. The molecular weight excluding hydrogens is 242 g/mol. The van der Waals surface area contributed by atoms with Crippen LogP contribution in [0.3, 0.4) is 0 Å². The maximum atomic E-state index is 11.9. The molecule has 1 N–H and O–H groups in total. The summed E-state index contributed by atoms with van der Waals surface area (Å²) in [6.07, 6.45) is 7.66. The molecule has 0 spiro atoms. The number of rotatable bonds is 6. The van der Waals surface area contributed by atoms with E-state index < -0.39 is 6.04 Å². The average Bonchev–Trinajstić information content (AvgIpc) is 2.85. The Hall–Kier alpha value is -1.32. The van der Waals surface area contributed by atoms with E-state index in [9.17, 15) is 9.59 Å². The van der Waals surface area contributed by atoms with Crippen molar-refractivity contribution < 1.29 is 14.3 Å². The Morgan fingerprint density at radius 3 is 2.47 bits per heavy atom. The van der Waals surface area contributed by atoms with Crippen molar-refractivity contribution in [1.29, 1.82) is 0 Å². The van der Waals surface area contributed by atoms with Crippen LogP contribution in [0.4, 0.5) is 0 Å². The van der Waals surface area contributed by atoms with Gasteiger partial charge in [0.1, 0.15) is 6.04 Å². The smallest absolute Gasteiger partial charge is 0.328 e. The van der Waals surface area contributed by atoms with E-state index in [1.807, 2.05) is 19.9 Å². The Morgan fingerprint density at radius 1 is 1.32 bits per heavy atom. The van der Waals surface area contributed by atoms with Gasteiger partial charge >= 0.3 is 5.97 Å². The van der Waals surface area contributed by atoms with E-state index in [2.05, 4.69) is 5.32 Å². The van der Waals surface area contributed by atoms with Gasteiger partial charge in [-0.05, 0) is 39.0 Å². The SMILES string of the molecule is COC(=O)[C@H](CC=C(C)C)NC(=O)CC1CCCC1. The van der Waals surface area contributed by atoms with Crippen LogP contribution in [0.5, 0.6) is 0 Å². The molecule has 0 aromatic heterocycles. The average molecular weight is 267 g/mol. The van der Waals surface area contributed by atoms with Crippen LogP contribution in [-0.2, 0) is 14.3 Å². The van der Waals surface area contributed by atoms with Gasteiger partial charge in [0.15, 0.2) is 0 Å². The molecule has 1 atom stereocenters. The first kappa shape index (κ1) is 15.7. The number of nitrogens with one attached hydrogen (secondary N) is 1. The molecule has 0 bridgehead atoms. The molecule has 1 rings (SSSR count). The summed E-state index contributed by atoms with van der Waals surface area (Å²) in [5.74, 6) is 0.0727. The van der Waals surface area contributed by atoms with Gasteiger partial charge in [-0.2, -0.15) is 0 Å². The predicted octanol–water partition coefficient (Wildman–Crippen LogP) is 2.58. The van der Waals surface area contributed by atoms with Gasteiger partial charge in [0, 0.05) is 6.42 Å². The second-order valence-electron chi connectivity index (χ2n) is 5.52. The Labute approximate surface area is 115 Å². The normalized spacial score (nSPS) is 16.8. The Bertz CT molecular complexity index is 339. The zero-order chi connectivity index (χ0) is 14.3. The van der Waals surface area contributed by atoms with Gasteiger partial charge in [-0.25, -0.2) is 4.79 Å². The van der Waals surface area contributed by atoms with Crippen LogP contribution in [0.15, 0.2) is 11.6 Å². The molecule has 1 aliphatic carbocycles. The summed E-state index contributed by atoms with van der Waals surface area (Å²) in [5.41, 5.74) is 1.12. The van der Waals surface area contributed by atoms with E-state index in [1.54, 1.807) is 0 Å². The number of esters is 1. The lowest BCUT2D eigenvalue weighted by Gasteiger charge is -2.16. The molecule has 1 saturated carbocycles. The lowest BCUT2D eigenvalue weighted by Crippen LogP contribution is -2.41. The van der Waals surface area contributed by atoms with Gasteiger partial charge < -0.3 is 10.1 Å². The second-order valence-corrected chi connectivity index (χ2v) is 5.52. The monoisotopic (exact) mass is 267 g/mol. The van der Waals surface area contributed by atoms with Gasteiger partial charge in [-0.3, -0.25) is 4.79 Å². The van der Waals surface area contributed by atoms with Crippen molar-refractivity contribution in [2.24, 2.45) is 5.92 Å². The molecular formula is C15H25NO3. The molecule has 0 unspecified atom stereocenters. The van der Waals surface area contributed by atoms with Crippen molar-refractivity contribution >= 4 is 11.9 Å². The minimum Gasteiger partial charge on any atom is -0.467 e. The molecule has 4 heteroatoms. The molecule has 0 aliphatic heterocycles. The third-order valence-electron chi connectivity index (χ3n) is 3.53. The highest BCUT2D eigenvalue weighted by atomic mass is 16.5. The zero-order valence-corrected chi connectivity index (χ0v) is 12.2. The molecule has 1 fully saturated rings. The lowest BCUT2D eigenvalue weighted by molar-refractivity contribution is -0.145. The van der Waals surface area contributed by atoms with Crippen molar-refractivity contribution in [3.63, 3.8) is 0 Å². The van der Waals surface area contributed by atoms with Crippen LogP contribution in [0.2, 0.25) is 0 Å². The Kier molecular flexibility index (Phi) is 6.60. The highest BCUT2D eigenvalue weighted by molar-refractivity contribution is 5.84. The summed E-state index contributed by atoms with van der Waals surface area (Å²) < 4.78 is 4.73. The highest BCUT2D eigenvalue weighted by Gasteiger charge is 2.23. The predicted molar refractivity (Wildman–Crippen MR) is 74.6 cm³/mol. The fourth-order valence-corrected chi connectivity index (χ4v) is 2.44. The van der Waals surface area contributed by atoms with Crippen LogP contribution in [0, 0.1) is 5.92 Å². The van der Waals surface area contributed by atoms with E-state index in [-0.39, 0.29) is 11.9 Å². The second kappa shape index (κ2) is 7.97. The zero-order valence-electron chi connectivity index (χ0n) is 12.2. The van der Waals surface area contributed by atoms with Crippen LogP contribution >= 0.6 is 0 Å².